The van der Waals surface area contributed by atoms with Crippen LogP contribution in [0.3, 0.4) is 0 Å². The molecule has 1 saturated heterocycles. The van der Waals surface area contributed by atoms with Gasteiger partial charge in [0.25, 0.3) is 10.2 Å². The highest BCUT2D eigenvalue weighted by molar-refractivity contribution is 7.87. The molecule has 112 valence electrons. The molecule has 1 fully saturated rings. The second-order valence-corrected chi connectivity index (χ2v) is 6.91. The van der Waals surface area contributed by atoms with Gasteiger partial charge < -0.3 is 4.74 Å². The number of hydrogen-bond donors (Lipinski definition) is 1. The van der Waals surface area contributed by atoms with Crippen molar-refractivity contribution in [2.24, 2.45) is 0 Å². The van der Waals surface area contributed by atoms with Gasteiger partial charge >= 0.3 is 0 Å². The maximum atomic E-state index is 12.0. The fraction of sp³-hybridized carbons (Fsp3) is 0.615. The van der Waals surface area contributed by atoms with E-state index in [1.165, 1.54) is 4.31 Å². The third-order valence-electron chi connectivity index (χ3n) is 3.07. The lowest BCUT2D eigenvalue weighted by Gasteiger charge is -2.19. The number of aromatic nitrogens is 1. The summed E-state index contributed by atoms with van der Waals surface area (Å²) in [7, 11) is -3.38. The molecule has 7 heteroatoms. The van der Waals surface area contributed by atoms with Gasteiger partial charge in [0, 0.05) is 31.5 Å². The molecule has 1 aliphatic rings. The summed E-state index contributed by atoms with van der Waals surface area (Å²) in [6.45, 7) is 5.02. The van der Waals surface area contributed by atoms with Crippen LogP contribution in [0.5, 0.6) is 0 Å². The maximum Gasteiger partial charge on any atom is 0.279 e. The normalized spacial score (nSPS) is 20.6. The van der Waals surface area contributed by atoms with Gasteiger partial charge in [-0.3, -0.25) is 4.98 Å². The minimum Gasteiger partial charge on any atom is -0.372 e. The van der Waals surface area contributed by atoms with Gasteiger partial charge in [0.05, 0.1) is 12.7 Å². The zero-order valence-electron chi connectivity index (χ0n) is 11.8. The fourth-order valence-corrected chi connectivity index (χ4v) is 3.57. The first-order chi connectivity index (χ1) is 9.47. The molecule has 0 aliphatic carbocycles. The second-order valence-electron chi connectivity index (χ2n) is 5.21. The Balaban J connectivity index is 1.83. The molecule has 0 aromatic carbocycles. The maximum absolute atomic E-state index is 12.0. The summed E-state index contributed by atoms with van der Waals surface area (Å²) in [5, 5.41) is 0. The van der Waals surface area contributed by atoms with Crippen LogP contribution in [0.15, 0.2) is 24.5 Å². The second kappa shape index (κ2) is 6.62. The molecule has 1 unspecified atom stereocenters. The molecule has 1 aliphatic heterocycles. The quantitative estimate of drug-likeness (QED) is 0.848. The van der Waals surface area contributed by atoms with Gasteiger partial charge in [0.2, 0.25) is 0 Å². The topological polar surface area (TPSA) is 71.5 Å². The molecule has 0 spiro atoms. The molecule has 0 amide bonds. The summed E-state index contributed by atoms with van der Waals surface area (Å²) in [5.74, 6) is 0. The van der Waals surface area contributed by atoms with E-state index in [4.69, 9.17) is 4.74 Å². The Morgan fingerprint density at radius 2 is 2.15 bits per heavy atom. The molecule has 0 radical (unpaired) electrons. The van der Waals surface area contributed by atoms with E-state index in [9.17, 15) is 8.42 Å². The van der Waals surface area contributed by atoms with E-state index in [-0.39, 0.29) is 12.1 Å². The van der Waals surface area contributed by atoms with Crippen LogP contribution in [0.2, 0.25) is 0 Å². The third kappa shape index (κ3) is 4.24. The Labute approximate surface area is 120 Å². The monoisotopic (exact) mass is 299 g/mol. The molecule has 1 aromatic heterocycles. The smallest absolute Gasteiger partial charge is 0.279 e. The standard InChI is InChI=1S/C13H21N3O3S/c1-11(2)15-20(17,18)16-8-5-13(9-16)19-10-12-3-6-14-7-4-12/h3-4,6-7,11,13,15H,5,8-10H2,1-2H3. The number of hydrogen-bond acceptors (Lipinski definition) is 4. The van der Waals surface area contributed by atoms with Gasteiger partial charge in [-0.2, -0.15) is 17.4 Å². The van der Waals surface area contributed by atoms with Gasteiger partial charge in [-0.15, -0.1) is 0 Å². The Morgan fingerprint density at radius 3 is 2.80 bits per heavy atom. The highest BCUT2D eigenvalue weighted by Gasteiger charge is 2.32. The fourth-order valence-electron chi connectivity index (χ4n) is 2.12. The van der Waals surface area contributed by atoms with Crippen molar-refractivity contribution in [2.45, 2.75) is 39.0 Å². The lowest BCUT2D eigenvalue weighted by Crippen LogP contribution is -2.42. The Bertz CT molecular complexity index is 519. The lowest BCUT2D eigenvalue weighted by molar-refractivity contribution is 0.0508. The highest BCUT2D eigenvalue weighted by Crippen LogP contribution is 2.17. The van der Waals surface area contributed by atoms with Crippen molar-refractivity contribution in [1.82, 2.24) is 14.0 Å². The number of pyridine rings is 1. The van der Waals surface area contributed by atoms with E-state index < -0.39 is 10.2 Å². The molecule has 2 rings (SSSR count). The van der Waals surface area contributed by atoms with Crippen LogP contribution in [-0.4, -0.2) is 42.9 Å². The van der Waals surface area contributed by atoms with Crippen LogP contribution in [0.25, 0.3) is 0 Å². The van der Waals surface area contributed by atoms with E-state index in [1.54, 1.807) is 12.4 Å². The largest absolute Gasteiger partial charge is 0.372 e. The molecule has 1 atom stereocenters. The van der Waals surface area contributed by atoms with Crippen molar-refractivity contribution < 1.29 is 13.2 Å². The molecular weight excluding hydrogens is 278 g/mol. The molecule has 0 bridgehead atoms. The minimum absolute atomic E-state index is 0.0492. The van der Waals surface area contributed by atoms with Crippen LogP contribution >= 0.6 is 0 Å². The summed E-state index contributed by atoms with van der Waals surface area (Å²) < 4.78 is 33.8. The zero-order chi connectivity index (χ0) is 14.6. The summed E-state index contributed by atoms with van der Waals surface area (Å²) in [5.41, 5.74) is 1.04. The van der Waals surface area contributed by atoms with Gasteiger partial charge in [-0.1, -0.05) is 0 Å². The lowest BCUT2D eigenvalue weighted by atomic mass is 10.3. The molecule has 0 saturated carbocycles. The Hall–Kier alpha value is -1.02. The van der Waals surface area contributed by atoms with Gasteiger partial charge in [0.15, 0.2) is 0 Å². The first-order valence-corrected chi connectivity index (χ1v) is 8.19. The first kappa shape index (κ1) is 15.4. The Morgan fingerprint density at radius 1 is 1.45 bits per heavy atom. The van der Waals surface area contributed by atoms with E-state index in [2.05, 4.69) is 9.71 Å². The van der Waals surface area contributed by atoms with Crippen molar-refractivity contribution in [3.63, 3.8) is 0 Å². The van der Waals surface area contributed by atoms with Crippen molar-refractivity contribution in [2.75, 3.05) is 13.1 Å². The number of ether oxygens (including phenoxy) is 1. The molecule has 1 aromatic rings. The molecule has 20 heavy (non-hydrogen) atoms. The summed E-state index contributed by atoms with van der Waals surface area (Å²) in [4.78, 5) is 3.95. The predicted molar refractivity (Wildman–Crippen MR) is 76.2 cm³/mol. The molecule has 2 heterocycles. The summed E-state index contributed by atoms with van der Waals surface area (Å²) >= 11 is 0. The van der Waals surface area contributed by atoms with E-state index >= 15 is 0 Å². The Kier molecular flexibility index (Phi) is 5.09. The third-order valence-corrected chi connectivity index (χ3v) is 4.85. The molecule has 6 nitrogen and oxygen atoms in total. The minimum atomic E-state index is -3.38. The van der Waals surface area contributed by atoms with Crippen molar-refractivity contribution in [3.8, 4) is 0 Å². The van der Waals surface area contributed by atoms with Crippen molar-refractivity contribution in [3.05, 3.63) is 30.1 Å². The van der Waals surface area contributed by atoms with Crippen LogP contribution in [-0.2, 0) is 21.6 Å². The van der Waals surface area contributed by atoms with E-state index in [0.29, 0.717) is 19.7 Å². The summed E-state index contributed by atoms with van der Waals surface area (Å²) in [6, 6.07) is 3.69. The first-order valence-electron chi connectivity index (χ1n) is 6.75. The van der Waals surface area contributed by atoms with Crippen molar-refractivity contribution in [1.29, 1.82) is 0 Å². The average molecular weight is 299 g/mol. The van der Waals surface area contributed by atoms with Crippen LogP contribution in [0.1, 0.15) is 25.8 Å². The zero-order valence-corrected chi connectivity index (χ0v) is 12.6. The molecular formula is C13H21N3O3S. The van der Waals surface area contributed by atoms with Crippen LogP contribution in [0, 0.1) is 0 Å². The van der Waals surface area contributed by atoms with Gasteiger partial charge in [-0.25, -0.2) is 0 Å². The van der Waals surface area contributed by atoms with Crippen LogP contribution in [0.4, 0.5) is 0 Å². The molecule has 1 N–H and O–H groups in total. The number of rotatable bonds is 6. The van der Waals surface area contributed by atoms with E-state index in [0.717, 1.165) is 12.0 Å². The van der Waals surface area contributed by atoms with Crippen LogP contribution < -0.4 is 4.72 Å². The predicted octanol–water partition coefficient (Wildman–Crippen LogP) is 0.915. The number of nitrogens with zero attached hydrogens (tertiary/aromatic N) is 2. The van der Waals surface area contributed by atoms with Gasteiger partial charge in [0.1, 0.15) is 0 Å². The highest BCUT2D eigenvalue weighted by atomic mass is 32.2. The SMILES string of the molecule is CC(C)NS(=O)(=O)N1CCC(OCc2ccncc2)C1. The van der Waals surface area contributed by atoms with Crippen molar-refractivity contribution >= 4 is 10.2 Å². The van der Waals surface area contributed by atoms with E-state index in [1.807, 2.05) is 26.0 Å². The number of nitrogens with one attached hydrogen (secondary N) is 1. The summed E-state index contributed by atoms with van der Waals surface area (Å²) in [6.07, 6.45) is 4.11. The van der Waals surface area contributed by atoms with Gasteiger partial charge in [-0.05, 0) is 38.0 Å². The average Bonchev–Trinajstić information content (AvgIpc) is 2.86.